The van der Waals surface area contributed by atoms with Crippen molar-refractivity contribution in [3.8, 4) is 0 Å². The van der Waals surface area contributed by atoms with E-state index in [0.717, 1.165) is 18.4 Å². The van der Waals surface area contributed by atoms with E-state index in [4.69, 9.17) is 14.2 Å². The third-order valence-electron chi connectivity index (χ3n) is 3.30. The summed E-state index contributed by atoms with van der Waals surface area (Å²) in [6.07, 6.45) is 3.10. The number of hydrogen-bond acceptors (Lipinski definition) is 4. The minimum absolute atomic E-state index is 0.250. The lowest BCUT2D eigenvalue weighted by molar-refractivity contribution is -0.182. The van der Waals surface area contributed by atoms with Crippen molar-refractivity contribution in [2.75, 3.05) is 32.9 Å². The number of ether oxygens (including phenoxy) is 3. The van der Waals surface area contributed by atoms with Crippen molar-refractivity contribution in [3.63, 3.8) is 0 Å². The predicted molar refractivity (Wildman–Crippen MR) is 66.2 cm³/mol. The Hall–Kier alpha value is -1.07. The maximum atomic E-state index is 11.8. The quantitative estimate of drug-likeness (QED) is 0.707. The lowest BCUT2D eigenvalue weighted by atomic mass is 10.0. The van der Waals surface area contributed by atoms with E-state index < -0.39 is 5.79 Å². The van der Waals surface area contributed by atoms with Crippen molar-refractivity contribution in [2.45, 2.75) is 32.5 Å². The monoisotopic (exact) mass is 255 g/mol. The van der Waals surface area contributed by atoms with Crippen molar-refractivity contribution in [1.82, 2.24) is 4.90 Å². The molecule has 0 aromatic rings. The van der Waals surface area contributed by atoms with Crippen molar-refractivity contribution in [2.24, 2.45) is 0 Å². The highest BCUT2D eigenvalue weighted by molar-refractivity contribution is 5.67. The molecule has 0 aliphatic carbocycles. The van der Waals surface area contributed by atoms with Gasteiger partial charge in [0.15, 0.2) is 5.79 Å². The van der Waals surface area contributed by atoms with Gasteiger partial charge in [0.25, 0.3) is 0 Å². The highest BCUT2D eigenvalue weighted by Gasteiger charge is 2.41. The largest absolute Gasteiger partial charge is 0.445 e. The average molecular weight is 255 g/mol. The van der Waals surface area contributed by atoms with Crippen LogP contribution in [0, 0.1) is 0 Å². The molecule has 0 atom stereocenters. The molecule has 0 radical (unpaired) electrons. The summed E-state index contributed by atoms with van der Waals surface area (Å²) in [4.78, 5) is 13.5. The van der Waals surface area contributed by atoms with E-state index in [0.29, 0.717) is 32.9 Å². The SMILES string of the molecule is CC(C)=CCOC(=O)N1CCC2(CC1)OCCO2. The first-order chi connectivity index (χ1) is 8.61. The molecule has 5 heteroatoms. The highest BCUT2D eigenvalue weighted by Crippen LogP contribution is 2.31. The van der Waals surface area contributed by atoms with Crippen LogP contribution in [0.3, 0.4) is 0 Å². The fourth-order valence-corrected chi connectivity index (χ4v) is 2.19. The first-order valence-corrected chi connectivity index (χ1v) is 6.44. The minimum Gasteiger partial charge on any atom is -0.445 e. The van der Waals surface area contributed by atoms with Gasteiger partial charge in [-0.2, -0.15) is 0 Å². The molecular weight excluding hydrogens is 234 g/mol. The van der Waals surface area contributed by atoms with Crippen molar-refractivity contribution in [3.05, 3.63) is 11.6 Å². The minimum atomic E-state index is -0.434. The molecule has 1 spiro atoms. The zero-order valence-corrected chi connectivity index (χ0v) is 11.1. The van der Waals surface area contributed by atoms with Crippen LogP contribution in [-0.2, 0) is 14.2 Å². The number of likely N-dealkylation sites (tertiary alicyclic amines) is 1. The van der Waals surface area contributed by atoms with E-state index in [1.54, 1.807) is 4.90 Å². The van der Waals surface area contributed by atoms with E-state index in [-0.39, 0.29) is 6.09 Å². The molecule has 0 bridgehead atoms. The Morgan fingerprint density at radius 1 is 1.28 bits per heavy atom. The van der Waals surface area contributed by atoms with Gasteiger partial charge in [-0.15, -0.1) is 0 Å². The molecule has 0 unspecified atom stereocenters. The summed E-state index contributed by atoms with van der Waals surface area (Å²) in [6.45, 7) is 6.88. The zero-order chi connectivity index (χ0) is 13.0. The molecule has 102 valence electrons. The number of carbonyl (C=O) groups excluding carboxylic acids is 1. The van der Waals surface area contributed by atoms with Gasteiger partial charge in [0.2, 0.25) is 0 Å². The number of allylic oxidation sites excluding steroid dienone is 1. The third-order valence-corrected chi connectivity index (χ3v) is 3.30. The van der Waals surface area contributed by atoms with Crippen LogP contribution in [0.2, 0.25) is 0 Å². The average Bonchev–Trinajstić information content (AvgIpc) is 2.78. The van der Waals surface area contributed by atoms with Gasteiger partial charge < -0.3 is 19.1 Å². The Kier molecular flexibility index (Phi) is 4.24. The fraction of sp³-hybridized carbons (Fsp3) is 0.769. The maximum Gasteiger partial charge on any atom is 0.410 e. The number of carbonyl (C=O) groups is 1. The number of hydrogen-bond donors (Lipinski definition) is 0. The third kappa shape index (κ3) is 3.23. The molecule has 2 fully saturated rings. The molecule has 1 amide bonds. The number of rotatable bonds is 2. The summed E-state index contributed by atoms with van der Waals surface area (Å²) in [5.41, 5.74) is 1.15. The number of nitrogens with zero attached hydrogens (tertiary/aromatic N) is 1. The summed E-state index contributed by atoms with van der Waals surface area (Å²) in [5, 5.41) is 0. The van der Waals surface area contributed by atoms with Crippen LogP contribution in [0.4, 0.5) is 4.79 Å². The van der Waals surface area contributed by atoms with Gasteiger partial charge in [-0.25, -0.2) is 4.79 Å². The fourth-order valence-electron chi connectivity index (χ4n) is 2.19. The Morgan fingerprint density at radius 2 is 1.89 bits per heavy atom. The Bertz CT molecular complexity index is 320. The summed E-state index contributed by atoms with van der Waals surface area (Å²) in [6, 6.07) is 0. The topological polar surface area (TPSA) is 48.0 Å². The van der Waals surface area contributed by atoms with E-state index in [1.807, 2.05) is 19.9 Å². The van der Waals surface area contributed by atoms with E-state index >= 15 is 0 Å². The molecule has 18 heavy (non-hydrogen) atoms. The Morgan fingerprint density at radius 3 is 2.44 bits per heavy atom. The molecule has 2 rings (SSSR count). The Balaban J connectivity index is 1.75. The van der Waals surface area contributed by atoms with Gasteiger partial charge >= 0.3 is 6.09 Å². The van der Waals surface area contributed by atoms with Crippen LogP contribution in [0.25, 0.3) is 0 Å². The second-order valence-electron chi connectivity index (χ2n) is 4.95. The molecule has 0 aromatic heterocycles. The van der Waals surface area contributed by atoms with Crippen LogP contribution in [0.5, 0.6) is 0 Å². The van der Waals surface area contributed by atoms with Gasteiger partial charge in [-0.3, -0.25) is 0 Å². The standard InChI is InChI=1S/C13H21NO4/c1-11(2)3-8-16-12(15)14-6-4-13(5-7-14)17-9-10-18-13/h3H,4-10H2,1-2H3. The van der Waals surface area contributed by atoms with Crippen molar-refractivity contribution in [1.29, 1.82) is 0 Å². The predicted octanol–water partition coefficient (Wildman–Crippen LogP) is 1.93. The summed E-state index contributed by atoms with van der Waals surface area (Å²) in [5.74, 6) is -0.434. The molecule has 5 nitrogen and oxygen atoms in total. The molecule has 0 N–H and O–H groups in total. The van der Waals surface area contributed by atoms with Crippen LogP contribution in [-0.4, -0.2) is 49.7 Å². The van der Waals surface area contributed by atoms with Crippen LogP contribution in [0.1, 0.15) is 26.7 Å². The molecular formula is C13H21NO4. The van der Waals surface area contributed by atoms with E-state index in [1.165, 1.54) is 0 Å². The molecule has 0 aromatic carbocycles. The number of piperidine rings is 1. The zero-order valence-electron chi connectivity index (χ0n) is 11.1. The molecule has 2 saturated heterocycles. The molecule has 2 heterocycles. The summed E-state index contributed by atoms with van der Waals surface area (Å²) in [7, 11) is 0. The van der Waals surface area contributed by atoms with E-state index in [2.05, 4.69) is 0 Å². The Labute approximate surface area is 108 Å². The highest BCUT2D eigenvalue weighted by atomic mass is 16.7. The summed E-state index contributed by atoms with van der Waals surface area (Å²) >= 11 is 0. The molecule has 0 saturated carbocycles. The second-order valence-corrected chi connectivity index (χ2v) is 4.95. The number of amides is 1. The van der Waals surface area contributed by atoms with Crippen LogP contribution >= 0.6 is 0 Å². The van der Waals surface area contributed by atoms with Crippen molar-refractivity contribution >= 4 is 6.09 Å². The first-order valence-electron chi connectivity index (χ1n) is 6.44. The maximum absolute atomic E-state index is 11.8. The normalized spacial score (nSPS) is 22.0. The summed E-state index contributed by atoms with van der Waals surface area (Å²) < 4.78 is 16.4. The smallest absolute Gasteiger partial charge is 0.410 e. The first kappa shape index (κ1) is 13.4. The van der Waals surface area contributed by atoms with Gasteiger partial charge in [0, 0.05) is 25.9 Å². The van der Waals surface area contributed by atoms with Gasteiger partial charge in [0.05, 0.1) is 13.2 Å². The van der Waals surface area contributed by atoms with Crippen LogP contribution < -0.4 is 0 Å². The second kappa shape index (κ2) is 5.71. The van der Waals surface area contributed by atoms with Gasteiger partial charge in [0.1, 0.15) is 6.61 Å². The van der Waals surface area contributed by atoms with Gasteiger partial charge in [-0.05, 0) is 19.9 Å². The van der Waals surface area contributed by atoms with Crippen LogP contribution in [0.15, 0.2) is 11.6 Å². The molecule has 2 aliphatic heterocycles. The van der Waals surface area contributed by atoms with Gasteiger partial charge in [-0.1, -0.05) is 5.57 Å². The van der Waals surface area contributed by atoms with Crippen molar-refractivity contribution < 1.29 is 19.0 Å². The van der Waals surface area contributed by atoms with E-state index in [9.17, 15) is 4.79 Å². The lowest BCUT2D eigenvalue weighted by Crippen LogP contribution is -2.47. The lowest BCUT2D eigenvalue weighted by Gasteiger charge is -2.36. The molecule has 2 aliphatic rings.